The van der Waals surface area contributed by atoms with Gasteiger partial charge in [0.2, 0.25) is 5.91 Å². The first kappa shape index (κ1) is 17.6. The maximum absolute atomic E-state index is 11.1. The van der Waals surface area contributed by atoms with Gasteiger partial charge in [-0.05, 0) is 55.1 Å². The Kier molecular flexibility index (Phi) is 5.84. The van der Waals surface area contributed by atoms with Crippen LogP contribution in [0.5, 0.6) is 0 Å². The van der Waals surface area contributed by atoms with E-state index >= 15 is 0 Å². The first-order valence-electron chi connectivity index (χ1n) is 8.94. The molecular weight excluding hydrogens is 312 g/mol. The fourth-order valence-electron chi connectivity index (χ4n) is 3.50. The predicted octanol–water partition coefficient (Wildman–Crippen LogP) is 3.59. The first-order valence-corrected chi connectivity index (χ1v) is 8.94. The number of carbonyl (C=O) groups is 1. The lowest BCUT2D eigenvalue weighted by atomic mass is 9.87. The molecule has 4 nitrogen and oxygen atoms in total. The van der Waals surface area contributed by atoms with E-state index in [1.807, 2.05) is 42.5 Å². The van der Waals surface area contributed by atoms with Crippen molar-refractivity contribution in [2.75, 3.05) is 18.4 Å². The molecule has 0 saturated carbocycles. The number of anilines is 1. The van der Waals surface area contributed by atoms with Crippen LogP contribution in [0.1, 0.15) is 37.0 Å². The molecule has 1 amide bonds. The molecule has 0 radical (unpaired) electrons. The van der Waals surface area contributed by atoms with Gasteiger partial charge in [0.15, 0.2) is 0 Å². The predicted molar refractivity (Wildman–Crippen MR) is 100 cm³/mol. The molecule has 2 aromatic rings. The number of benzene rings is 2. The molecule has 1 atom stereocenters. The van der Waals surface area contributed by atoms with Crippen LogP contribution in [-0.2, 0) is 11.3 Å². The Bertz CT molecular complexity index is 677. The third kappa shape index (κ3) is 4.91. The Morgan fingerprint density at radius 3 is 2.36 bits per heavy atom. The third-order valence-corrected chi connectivity index (χ3v) is 4.90. The van der Waals surface area contributed by atoms with Gasteiger partial charge >= 0.3 is 0 Å². The number of likely N-dealkylation sites (tertiary alicyclic amines) is 1. The lowest BCUT2D eigenvalue weighted by Crippen LogP contribution is -2.35. The van der Waals surface area contributed by atoms with E-state index in [1.54, 1.807) is 0 Å². The van der Waals surface area contributed by atoms with Crippen molar-refractivity contribution in [1.29, 1.82) is 0 Å². The fourth-order valence-corrected chi connectivity index (χ4v) is 3.50. The van der Waals surface area contributed by atoms with E-state index in [0.717, 1.165) is 43.7 Å². The molecule has 1 fully saturated rings. The summed E-state index contributed by atoms with van der Waals surface area (Å²) in [6.07, 6.45) is 1.67. The number of amides is 1. The topological polar surface area (TPSA) is 52.6 Å². The Labute approximate surface area is 149 Å². The minimum Gasteiger partial charge on any atom is -0.388 e. The summed E-state index contributed by atoms with van der Waals surface area (Å²) >= 11 is 0. The van der Waals surface area contributed by atoms with Gasteiger partial charge in [0.25, 0.3) is 0 Å². The normalized spacial score (nSPS) is 17.2. The SMILES string of the molecule is CC(=O)Nc1ccc(CN2CCC([C@H](O)c3ccccc3)CC2)cc1. The van der Waals surface area contributed by atoms with Gasteiger partial charge in [-0.2, -0.15) is 0 Å². The quantitative estimate of drug-likeness (QED) is 0.876. The fraction of sp³-hybridized carbons (Fsp3) is 0.381. The van der Waals surface area contributed by atoms with Crippen molar-refractivity contribution in [3.8, 4) is 0 Å². The Morgan fingerprint density at radius 2 is 1.76 bits per heavy atom. The van der Waals surface area contributed by atoms with Gasteiger partial charge in [-0.25, -0.2) is 0 Å². The number of nitrogens with one attached hydrogen (secondary N) is 1. The van der Waals surface area contributed by atoms with Gasteiger partial charge in [0, 0.05) is 19.2 Å². The van der Waals surface area contributed by atoms with Gasteiger partial charge in [-0.1, -0.05) is 42.5 Å². The van der Waals surface area contributed by atoms with Crippen molar-refractivity contribution in [1.82, 2.24) is 4.90 Å². The van der Waals surface area contributed by atoms with Crippen LogP contribution in [0.15, 0.2) is 54.6 Å². The van der Waals surface area contributed by atoms with E-state index in [2.05, 4.69) is 22.3 Å². The smallest absolute Gasteiger partial charge is 0.221 e. The number of aliphatic hydroxyl groups excluding tert-OH is 1. The molecule has 2 N–H and O–H groups in total. The van der Waals surface area contributed by atoms with Crippen molar-refractivity contribution in [2.45, 2.75) is 32.4 Å². The van der Waals surface area contributed by atoms with Crippen LogP contribution in [0.4, 0.5) is 5.69 Å². The molecule has 1 heterocycles. The van der Waals surface area contributed by atoms with Gasteiger partial charge in [0.05, 0.1) is 6.10 Å². The summed E-state index contributed by atoms with van der Waals surface area (Å²) in [4.78, 5) is 13.5. The second-order valence-corrected chi connectivity index (χ2v) is 6.85. The average Bonchev–Trinajstić information content (AvgIpc) is 2.64. The number of nitrogens with zero attached hydrogens (tertiary/aromatic N) is 1. The van der Waals surface area contributed by atoms with Gasteiger partial charge in [0.1, 0.15) is 0 Å². The summed E-state index contributed by atoms with van der Waals surface area (Å²) in [5, 5.41) is 13.4. The molecule has 132 valence electrons. The van der Waals surface area contributed by atoms with Crippen LogP contribution in [0, 0.1) is 5.92 Å². The number of aliphatic hydroxyl groups is 1. The van der Waals surface area contributed by atoms with E-state index in [-0.39, 0.29) is 12.0 Å². The van der Waals surface area contributed by atoms with Crippen LogP contribution in [0.2, 0.25) is 0 Å². The molecule has 0 spiro atoms. The van der Waals surface area contributed by atoms with E-state index in [1.165, 1.54) is 12.5 Å². The summed E-state index contributed by atoms with van der Waals surface area (Å²) in [5.41, 5.74) is 3.10. The van der Waals surface area contributed by atoms with Crippen LogP contribution >= 0.6 is 0 Å². The first-order chi connectivity index (χ1) is 12.1. The number of carbonyl (C=O) groups excluding carboxylic acids is 1. The molecular formula is C21H26N2O2. The zero-order chi connectivity index (χ0) is 17.6. The zero-order valence-corrected chi connectivity index (χ0v) is 14.7. The molecule has 0 aromatic heterocycles. The molecule has 4 heteroatoms. The molecule has 0 aliphatic carbocycles. The van der Waals surface area contributed by atoms with Crippen LogP contribution in [0.3, 0.4) is 0 Å². The van der Waals surface area contributed by atoms with Gasteiger partial charge in [-0.15, -0.1) is 0 Å². The molecule has 1 saturated heterocycles. The van der Waals surface area contributed by atoms with E-state index in [4.69, 9.17) is 0 Å². The molecule has 1 aliphatic heterocycles. The maximum Gasteiger partial charge on any atom is 0.221 e. The summed E-state index contributed by atoms with van der Waals surface area (Å²) in [5.74, 6) is 0.285. The van der Waals surface area contributed by atoms with Crippen LogP contribution < -0.4 is 5.32 Å². The van der Waals surface area contributed by atoms with Crippen molar-refractivity contribution in [3.63, 3.8) is 0 Å². The lowest BCUT2D eigenvalue weighted by molar-refractivity contribution is -0.114. The summed E-state index contributed by atoms with van der Waals surface area (Å²) in [6, 6.07) is 18.0. The van der Waals surface area contributed by atoms with Gasteiger partial charge in [-0.3, -0.25) is 9.69 Å². The number of hydrogen-bond donors (Lipinski definition) is 2. The Morgan fingerprint density at radius 1 is 1.12 bits per heavy atom. The number of rotatable bonds is 5. The lowest BCUT2D eigenvalue weighted by Gasteiger charge is -2.34. The minimum absolute atomic E-state index is 0.0493. The molecule has 3 rings (SSSR count). The molecule has 25 heavy (non-hydrogen) atoms. The second-order valence-electron chi connectivity index (χ2n) is 6.85. The van der Waals surface area contributed by atoms with Gasteiger partial charge < -0.3 is 10.4 Å². The van der Waals surface area contributed by atoms with E-state index in [0.29, 0.717) is 5.92 Å². The van der Waals surface area contributed by atoms with Crippen molar-refractivity contribution < 1.29 is 9.90 Å². The highest BCUT2D eigenvalue weighted by Gasteiger charge is 2.26. The highest BCUT2D eigenvalue weighted by atomic mass is 16.3. The molecule has 0 bridgehead atoms. The Hall–Kier alpha value is -2.17. The molecule has 2 aromatic carbocycles. The zero-order valence-electron chi connectivity index (χ0n) is 14.7. The van der Waals surface area contributed by atoms with Crippen LogP contribution in [-0.4, -0.2) is 29.0 Å². The van der Waals surface area contributed by atoms with E-state index < -0.39 is 0 Å². The van der Waals surface area contributed by atoms with Crippen molar-refractivity contribution in [3.05, 3.63) is 65.7 Å². The molecule has 1 aliphatic rings. The summed E-state index contributed by atoms with van der Waals surface area (Å²) in [6.45, 7) is 4.43. The summed E-state index contributed by atoms with van der Waals surface area (Å²) < 4.78 is 0. The standard InChI is InChI=1S/C21H26N2O2/c1-16(24)22-20-9-7-17(8-10-20)15-23-13-11-19(12-14-23)21(25)18-5-3-2-4-6-18/h2-10,19,21,25H,11-15H2,1H3,(H,22,24)/t21-/m1/s1. The monoisotopic (exact) mass is 338 g/mol. The third-order valence-electron chi connectivity index (χ3n) is 4.90. The summed E-state index contributed by atoms with van der Waals surface area (Å²) in [7, 11) is 0. The van der Waals surface area contributed by atoms with E-state index in [9.17, 15) is 9.90 Å². The number of hydrogen-bond acceptors (Lipinski definition) is 3. The largest absolute Gasteiger partial charge is 0.388 e. The van der Waals surface area contributed by atoms with Crippen molar-refractivity contribution >= 4 is 11.6 Å². The minimum atomic E-state index is -0.361. The number of piperidine rings is 1. The second kappa shape index (κ2) is 8.28. The van der Waals surface area contributed by atoms with Crippen molar-refractivity contribution in [2.24, 2.45) is 5.92 Å². The highest BCUT2D eigenvalue weighted by Crippen LogP contribution is 2.31. The Balaban J connectivity index is 1.50. The average molecular weight is 338 g/mol. The molecule has 0 unspecified atom stereocenters. The maximum atomic E-state index is 11.1. The highest BCUT2D eigenvalue weighted by molar-refractivity contribution is 5.88. The van der Waals surface area contributed by atoms with Crippen LogP contribution in [0.25, 0.3) is 0 Å².